The Labute approximate surface area is 121 Å². The lowest BCUT2D eigenvalue weighted by atomic mass is 9.87. The average molecular weight is 297 g/mol. The normalized spacial score (nSPS) is 18.6. The monoisotopic (exact) mass is 297 g/mol. The molecule has 1 atom stereocenters. The summed E-state index contributed by atoms with van der Waals surface area (Å²) >= 11 is 0. The van der Waals surface area contributed by atoms with Gasteiger partial charge in [0.15, 0.2) is 0 Å². The lowest BCUT2D eigenvalue weighted by molar-refractivity contribution is 0.317. The molecule has 0 saturated heterocycles. The molecule has 0 aromatic heterocycles. The molecule has 112 valence electrons. The van der Waals surface area contributed by atoms with Crippen molar-refractivity contribution in [2.45, 2.75) is 31.7 Å². The van der Waals surface area contributed by atoms with Gasteiger partial charge in [0.05, 0.1) is 12.4 Å². The first-order valence-electron chi connectivity index (χ1n) is 7.10. The van der Waals surface area contributed by atoms with Gasteiger partial charge in [-0.25, -0.2) is 8.42 Å². The van der Waals surface area contributed by atoms with Crippen LogP contribution in [0.5, 0.6) is 5.75 Å². The van der Waals surface area contributed by atoms with Gasteiger partial charge in [0.1, 0.15) is 15.6 Å². The standard InChI is InChI=1S/C15H23NO3S/c1-16-15-6-3-5-12-11-13(7-8-14(12)15)19-9-4-10-20(2,17)18/h7-8,11,15-16H,3-6,9-10H2,1-2H3. The van der Waals surface area contributed by atoms with Crippen LogP contribution in [0.15, 0.2) is 18.2 Å². The molecular weight excluding hydrogens is 274 g/mol. The molecule has 0 bridgehead atoms. The molecule has 1 aromatic rings. The molecule has 0 saturated carbocycles. The van der Waals surface area contributed by atoms with E-state index in [-0.39, 0.29) is 5.75 Å². The van der Waals surface area contributed by atoms with Crippen molar-refractivity contribution in [2.75, 3.05) is 25.7 Å². The highest BCUT2D eigenvalue weighted by Gasteiger charge is 2.18. The SMILES string of the molecule is CNC1CCCc2cc(OCCCS(C)(=O)=O)ccc21. The molecular formula is C15H23NO3S. The van der Waals surface area contributed by atoms with Gasteiger partial charge in [0.2, 0.25) is 0 Å². The number of hydrogen-bond donors (Lipinski definition) is 1. The molecule has 1 aliphatic rings. The third-order valence-corrected chi connectivity index (χ3v) is 4.74. The van der Waals surface area contributed by atoms with E-state index in [0.29, 0.717) is 19.1 Å². The Morgan fingerprint density at radius 3 is 2.90 bits per heavy atom. The van der Waals surface area contributed by atoms with Crippen molar-refractivity contribution in [3.05, 3.63) is 29.3 Å². The number of fused-ring (bicyclic) bond motifs is 1. The smallest absolute Gasteiger partial charge is 0.147 e. The molecule has 1 aromatic carbocycles. The highest BCUT2D eigenvalue weighted by Crippen LogP contribution is 2.31. The second-order valence-corrected chi connectivity index (χ2v) is 7.69. The van der Waals surface area contributed by atoms with E-state index in [2.05, 4.69) is 17.4 Å². The summed E-state index contributed by atoms with van der Waals surface area (Å²) in [5, 5.41) is 3.34. The van der Waals surface area contributed by atoms with Crippen LogP contribution in [0, 0.1) is 0 Å². The molecule has 2 rings (SSSR count). The number of hydrogen-bond acceptors (Lipinski definition) is 4. The van der Waals surface area contributed by atoms with Gasteiger partial charge in [-0.1, -0.05) is 6.07 Å². The van der Waals surface area contributed by atoms with Gasteiger partial charge >= 0.3 is 0 Å². The van der Waals surface area contributed by atoms with Gasteiger partial charge in [-0.3, -0.25) is 0 Å². The minimum absolute atomic E-state index is 0.180. The number of rotatable bonds is 6. The highest BCUT2D eigenvalue weighted by molar-refractivity contribution is 7.90. The maximum absolute atomic E-state index is 11.0. The molecule has 0 heterocycles. The first kappa shape index (κ1) is 15.3. The largest absolute Gasteiger partial charge is 0.494 e. The second kappa shape index (κ2) is 6.59. The zero-order chi connectivity index (χ0) is 14.6. The number of ether oxygens (including phenoxy) is 1. The molecule has 0 amide bonds. The summed E-state index contributed by atoms with van der Waals surface area (Å²) in [5.74, 6) is 1.02. The van der Waals surface area contributed by atoms with Crippen molar-refractivity contribution in [1.29, 1.82) is 0 Å². The van der Waals surface area contributed by atoms with E-state index in [1.54, 1.807) is 0 Å². The maximum Gasteiger partial charge on any atom is 0.147 e. The van der Waals surface area contributed by atoms with Crippen LogP contribution in [0.3, 0.4) is 0 Å². The fourth-order valence-corrected chi connectivity index (χ4v) is 3.33. The first-order chi connectivity index (χ1) is 9.49. The van der Waals surface area contributed by atoms with Gasteiger partial charge < -0.3 is 10.1 Å². The van der Waals surface area contributed by atoms with Crippen LogP contribution in [0.4, 0.5) is 0 Å². The molecule has 0 spiro atoms. The molecule has 0 radical (unpaired) electrons. The number of nitrogens with one attached hydrogen (secondary N) is 1. The molecule has 4 nitrogen and oxygen atoms in total. The zero-order valence-electron chi connectivity index (χ0n) is 12.2. The van der Waals surface area contributed by atoms with Crippen LogP contribution in [0.25, 0.3) is 0 Å². The van der Waals surface area contributed by atoms with Crippen LogP contribution in [-0.2, 0) is 16.3 Å². The molecule has 0 aliphatic heterocycles. The average Bonchev–Trinajstić information content (AvgIpc) is 2.41. The lowest BCUT2D eigenvalue weighted by Gasteiger charge is -2.25. The summed E-state index contributed by atoms with van der Waals surface area (Å²) in [7, 11) is -0.896. The molecule has 1 N–H and O–H groups in total. The van der Waals surface area contributed by atoms with Crippen LogP contribution >= 0.6 is 0 Å². The van der Waals surface area contributed by atoms with Crippen molar-refractivity contribution < 1.29 is 13.2 Å². The summed E-state index contributed by atoms with van der Waals surface area (Å²) in [5.41, 5.74) is 2.71. The third kappa shape index (κ3) is 4.21. The summed E-state index contributed by atoms with van der Waals surface area (Å²) in [6, 6.07) is 6.65. The van der Waals surface area contributed by atoms with E-state index in [4.69, 9.17) is 4.74 Å². The van der Waals surface area contributed by atoms with Crippen molar-refractivity contribution in [3.63, 3.8) is 0 Å². The minimum Gasteiger partial charge on any atom is -0.494 e. The van der Waals surface area contributed by atoms with Gasteiger partial charge in [-0.2, -0.15) is 0 Å². The van der Waals surface area contributed by atoms with Crippen molar-refractivity contribution in [3.8, 4) is 5.75 Å². The Kier molecular flexibility index (Phi) is 5.05. The Bertz CT molecular complexity index is 554. The molecule has 20 heavy (non-hydrogen) atoms. The Hall–Kier alpha value is -1.07. The number of benzene rings is 1. The van der Waals surface area contributed by atoms with Crippen LogP contribution in [0.1, 0.15) is 36.4 Å². The lowest BCUT2D eigenvalue weighted by Crippen LogP contribution is -2.21. The first-order valence-corrected chi connectivity index (χ1v) is 9.16. The van der Waals surface area contributed by atoms with E-state index in [9.17, 15) is 8.42 Å². The van der Waals surface area contributed by atoms with E-state index >= 15 is 0 Å². The van der Waals surface area contributed by atoms with Crippen LogP contribution < -0.4 is 10.1 Å². The predicted octanol–water partition coefficient (Wildman–Crippen LogP) is 2.10. The molecule has 1 aliphatic carbocycles. The quantitative estimate of drug-likeness (QED) is 0.817. The number of aryl methyl sites for hydroxylation is 1. The molecule has 0 fully saturated rings. The van der Waals surface area contributed by atoms with Gasteiger partial charge in [0, 0.05) is 12.3 Å². The maximum atomic E-state index is 11.0. The summed E-state index contributed by atoms with van der Waals surface area (Å²) < 4.78 is 27.7. The minimum atomic E-state index is -2.89. The Morgan fingerprint density at radius 1 is 1.40 bits per heavy atom. The Morgan fingerprint density at radius 2 is 2.20 bits per heavy atom. The van der Waals surface area contributed by atoms with E-state index in [0.717, 1.165) is 12.2 Å². The number of sulfone groups is 1. The highest BCUT2D eigenvalue weighted by atomic mass is 32.2. The van der Waals surface area contributed by atoms with E-state index < -0.39 is 9.84 Å². The molecule has 1 unspecified atom stereocenters. The fourth-order valence-electron chi connectivity index (χ4n) is 2.69. The van der Waals surface area contributed by atoms with Gasteiger partial charge in [-0.05, 0) is 56.0 Å². The third-order valence-electron chi connectivity index (χ3n) is 3.71. The molecule has 5 heteroatoms. The Balaban J connectivity index is 1.94. The van der Waals surface area contributed by atoms with E-state index in [1.165, 1.54) is 30.2 Å². The van der Waals surface area contributed by atoms with Crippen molar-refractivity contribution in [2.24, 2.45) is 0 Å². The zero-order valence-corrected chi connectivity index (χ0v) is 13.0. The summed E-state index contributed by atoms with van der Waals surface area (Å²) in [6.07, 6.45) is 5.25. The van der Waals surface area contributed by atoms with Gasteiger partial charge in [-0.15, -0.1) is 0 Å². The summed E-state index contributed by atoms with van der Waals surface area (Å²) in [4.78, 5) is 0. The van der Waals surface area contributed by atoms with Gasteiger partial charge in [0.25, 0.3) is 0 Å². The van der Waals surface area contributed by atoms with E-state index in [1.807, 2.05) is 13.1 Å². The fraction of sp³-hybridized carbons (Fsp3) is 0.600. The van der Waals surface area contributed by atoms with Crippen LogP contribution in [-0.4, -0.2) is 34.1 Å². The van der Waals surface area contributed by atoms with Crippen molar-refractivity contribution in [1.82, 2.24) is 5.32 Å². The topological polar surface area (TPSA) is 55.4 Å². The van der Waals surface area contributed by atoms with Crippen molar-refractivity contribution >= 4 is 9.84 Å². The summed E-state index contributed by atoms with van der Waals surface area (Å²) in [6.45, 7) is 0.446. The second-order valence-electron chi connectivity index (χ2n) is 5.43. The predicted molar refractivity (Wildman–Crippen MR) is 81.0 cm³/mol. The van der Waals surface area contributed by atoms with Crippen LogP contribution in [0.2, 0.25) is 0 Å².